The van der Waals surface area contributed by atoms with Crippen molar-refractivity contribution in [1.29, 1.82) is 0 Å². The number of rotatable bonds is 3. The Morgan fingerprint density at radius 3 is 3.04 bits per heavy atom. The Bertz CT molecular complexity index is 933. The van der Waals surface area contributed by atoms with Crippen LogP contribution >= 0.6 is 11.8 Å². The third kappa shape index (κ3) is 3.09. The van der Waals surface area contributed by atoms with Gasteiger partial charge in [0.2, 0.25) is 0 Å². The fourth-order valence-corrected chi connectivity index (χ4v) is 4.20. The SMILES string of the molecule is C=CCSC1=NN2C(=c3ccccc3=N[C@@H]2[C@H]2CC=C(C)CC2)C(=O)N1. The Hall–Kier alpha value is -2.34. The number of hydrogen-bond acceptors (Lipinski definition) is 5. The molecule has 1 amide bonds. The third-order valence-corrected chi connectivity index (χ3v) is 5.84. The standard InChI is InChI=1S/C20H22N4OS/c1-3-12-26-20-22-19(25)17-15-6-4-5-7-16(15)21-18(24(17)23-20)14-10-8-13(2)9-11-14/h3-8,14,18H,1,9-12H2,2H3,(H,22,23,25)/t14-,18-/m0/s1. The second kappa shape index (κ2) is 7.11. The number of hydrazone groups is 1. The molecular weight excluding hydrogens is 344 g/mol. The summed E-state index contributed by atoms with van der Waals surface area (Å²) in [6.07, 6.45) is 7.07. The maximum atomic E-state index is 12.9. The van der Waals surface area contributed by atoms with Crippen molar-refractivity contribution in [2.45, 2.75) is 32.4 Å². The molecule has 0 spiro atoms. The van der Waals surface area contributed by atoms with Gasteiger partial charge in [0.25, 0.3) is 5.91 Å². The Morgan fingerprint density at radius 2 is 2.27 bits per heavy atom. The molecule has 0 aromatic heterocycles. The Balaban J connectivity index is 1.81. The Morgan fingerprint density at radius 1 is 1.42 bits per heavy atom. The summed E-state index contributed by atoms with van der Waals surface area (Å²) in [6.45, 7) is 5.92. The summed E-state index contributed by atoms with van der Waals surface area (Å²) in [6, 6.07) is 7.83. The van der Waals surface area contributed by atoms with E-state index in [1.807, 2.05) is 29.3 Å². The van der Waals surface area contributed by atoms with Crippen molar-refractivity contribution in [1.82, 2.24) is 10.3 Å². The number of amidine groups is 1. The molecule has 1 aromatic carbocycles. The molecule has 1 N–H and O–H groups in total. The second-order valence-corrected chi connectivity index (χ2v) is 7.81. The first-order chi connectivity index (χ1) is 12.7. The highest BCUT2D eigenvalue weighted by Crippen LogP contribution is 2.32. The van der Waals surface area contributed by atoms with Gasteiger partial charge < -0.3 is 0 Å². The zero-order valence-corrected chi connectivity index (χ0v) is 15.6. The van der Waals surface area contributed by atoms with Crippen molar-refractivity contribution in [3.63, 3.8) is 0 Å². The zero-order chi connectivity index (χ0) is 18.1. The average Bonchev–Trinajstić information content (AvgIpc) is 2.66. The van der Waals surface area contributed by atoms with Crippen molar-refractivity contribution < 1.29 is 4.79 Å². The summed E-state index contributed by atoms with van der Waals surface area (Å²) >= 11 is 1.48. The molecule has 0 saturated carbocycles. The quantitative estimate of drug-likeness (QED) is 0.834. The molecular formula is C20H22N4OS. The number of thioether (sulfide) groups is 1. The summed E-state index contributed by atoms with van der Waals surface area (Å²) in [5.41, 5.74) is 2.04. The van der Waals surface area contributed by atoms with Gasteiger partial charge in [0.05, 0.1) is 5.36 Å². The lowest BCUT2D eigenvalue weighted by molar-refractivity contribution is -0.116. The number of allylic oxidation sites excluding steroid dienone is 2. The molecule has 2 heterocycles. The van der Waals surface area contributed by atoms with Gasteiger partial charge in [0.15, 0.2) is 5.17 Å². The molecule has 2 aliphatic heterocycles. The minimum Gasteiger partial charge on any atom is -0.298 e. The summed E-state index contributed by atoms with van der Waals surface area (Å²) in [5, 5.41) is 11.9. The lowest BCUT2D eigenvalue weighted by Crippen LogP contribution is -2.54. The van der Waals surface area contributed by atoms with Crippen LogP contribution in [-0.2, 0) is 4.79 Å². The Kier molecular flexibility index (Phi) is 4.68. The van der Waals surface area contributed by atoms with E-state index in [0.717, 1.165) is 29.8 Å². The second-order valence-electron chi connectivity index (χ2n) is 6.80. The molecule has 0 saturated heterocycles. The van der Waals surface area contributed by atoms with Gasteiger partial charge in [-0.05, 0) is 32.3 Å². The predicted molar refractivity (Wildman–Crippen MR) is 106 cm³/mol. The van der Waals surface area contributed by atoms with Crippen LogP contribution in [0.2, 0.25) is 0 Å². The Labute approximate surface area is 157 Å². The van der Waals surface area contributed by atoms with Crippen LogP contribution < -0.4 is 15.9 Å². The number of nitrogens with zero attached hydrogens (tertiary/aromatic N) is 3. The molecule has 5 nitrogen and oxygen atoms in total. The molecule has 6 heteroatoms. The highest BCUT2D eigenvalue weighted by atomic mass is 32.2. The van der Waals surface area contributed by atoms with E-state index < -0.39 is 0 Å². The lowest BCUT2D eigenvalue weighted by Gasteiger charge is -2.38. The normalized spacial score (nSPS) is 24.6. The maximum Gasteiger partial charge on any atom is 0.276 e. The van der Waals surface area contributed by atoms with Crippen molar-refractivity contribution in [3.8, 4) is 0 Å². The molecule has 0 fully saturated rings. The first kappa shape index (κ1) is 17.1. The van der Waals surface area contributed by atoms with Crippen LogP contribution in [0, 0.1) is 5.92 Å². The molecule has 26 heavy (non-hydrogen) atoms. The maximum absolute atomic E-state index is 12.9. The summed E-state index contributed by atoms with van der Waals surface area (Å²) in [4.78, 5) is 17.9. The summed E-state index contributed by atoms with van der Waals surface area (Å²) < 4.78 is 0. The van der Waals surface area contributed by atoms with Crippen LogP contribution in [0.15, 0.2) is 58.7 Å². The molecule has 0 bridgehead atoms. The molecule has 1 aromatic rings. The number of fused-ring (bicyclic) bond motifs is 2. The highest BCUT2D eigenvalue weighted by Gasteiger charge is 2.37. The molecule has 2 atom stereocenters. The van der Waals surface area contributed by atoms with Gasteiger partial charge in [-0.2, -0.15) is 0 Å². The lowest BCUT2D eigenvalue weighted by atomic mass is 9.87. The van der Waals surface area contributed by atoms with Crippen LogP contribution in [0.3, 0.4) is 0 Å². The van der Waals surface area contributed by atoms with Crippen LogP contribution in [0.4, 0.5) is 0 Å². The topological polar surface area (TPSA) is 57.1 Å². The van der Waals surface area contributed by atoms with Gasteiger partial charge in [-0.25, -0.2) is 5.01 Å². The van der Waals surface area contributed by atoms with E-state index in [2.05, 4.69) is 24.9 Å². The van der Waals surface area contributed by atoms with Gasteiger partial charge in [-0.1, -0.05) is 47.7 Å². The zero-order valence-electron chi connectivity index (χ0n) is 14.8. The smallest absolute Gasteiger partial charge is 0.276 e. The van der Waals surface area contributed by atoms with Gasteiger partial charge in [-0.15, -0.1) is 11.7 Å². The van der Waals surface area contributed by atoms with Crippen molar-refractivity contribution in [2.75, 3.05) is 5.75 Å². The summed E-state index contributed by atoms with van der Waals surface area (Å²) in [5.74, 6) is 0.940. The van der Waals surface area contributed by atoms with Crippen LogP contribution in [0.25, 0.3) is 5.70 Å². The van der Waals surface area contributed by atoms with E-state index in [9.17, 15) is 4.79 Å². The molecule has 4 rings (SSSR count). The van der Waals surface area contributed by atoms with Gasteiger partial charge in [0.1, 0.15) is 11.9 Å². The largest absolute Gasteiger partial charge is 0.298 e. The number of amides is 1. The van der Waals surface area contributed by atoms with E-state index in [-0.39, 0.29) is 12.1 Å². The number of para-hydroxylation sites is 1. The molecule has 0 radical (unpaired) electrons. The molecule has 134 valence electrons. The fourth-order valence-electron chi connectivity index (χ4n) is 3.62. The van der Waals surface area contributed by atoms with E-state index in [1.54, 1.807) is 6.08 Å². The molecule has 0 unspecified atom stereocenters. The number of carbonyl (C=O) groups excluding carboxylic acids is 1. The number of carbonyl (C=O) groups is 1. The van der Waals surface area contributed by atoms with Crippen LogP contribution in [0.1, 0.15) is 26.2 Å². The highest BCUT2D eigenvalue weighted by molar-refractivity contribution is 8.14. The predicted octanol–water partition coefficient (Wildman–Crippen LogP) is 2.12. The van der Waals surface area contributed by atoms with Crippen molar-refractivity contribution >= 4 is 28.5 Å². The van der Waals surface area contributed by atoms with E-state index in [0.29, 0.717) is 22.5 Å². The average molecular weight is 366 g/mol. The first-order valence-electron chi connectivity index (χ1n) is 8.93. The molecule has 1 aliphatic carbocycles. The minimum atomic E-state index is -0.144. The summed E-state index contributed by atoms with van der Waals surface area (Å²) in [7, 11) is 0. The number of benzene rings is 1. The van der Waals surface area contributed by atoms with Crippen LogP contribution in [-0.4, -0.2) is 28.0 Å². The van der Waals surface area contributed by atoms with Crippen molar-refractivity contribution in [2.24, 2.45) is 16.0 Å². The van der Waals surface area contributed by atoms with Gasteiger partial charge >= 0.3 is 0 Å². The van der Waals surface area contributed by atoms with Crippen molar-refractivity contribution in [3.05, 3.63) is 59.1 Å². The monoisotopic (exact) mass is 366 g/mol. The third-order valence-electron chi connectivity index (χ3n) is 4.98. The first-order valence-corrected chi connectivity index (χ1v) is 9.91. The molecule has 3 aliphatic rings. The van der Waals surface area contributed by atoms with Gasteiger partial charge in [0, 0.05) is 16.9 Å². The van der Waals surface area contributed by atoms with E-state index in [4.69, 9.17) is 10.1 Å². The minimum absolute atomic E-state index is 0.110. The van der Waals surface area contributed by atoms with Gasteiger partial charge in [-0.3, -0.25) is 15.1 Å². The van der Waals surface area contributed by atoms with E-state index in [1.165, 1.54) is 17.3 Å². The number of hydrogen-bond donors (Lipinski definition) is 1. The van der Waals surface area contributed by atoms with Crippen LogP contribution in [0.5, 0.6) is 0 Å². The van der Waals surface area contributed by atoms with E-state index >= 15 is 0 Å². The number of nitrogens with one attached hydrogen (secondary N) is 1. The fraction of sp³-hybridized carbons (Fsp3) is 0.350.